The molecular formula is C14H14ClFN2. The molecule has 1 heterocycles. The maximum atomic E-state index is 13.1. The number of pyridine rings is 1. The molecule has 0 amide bonds. The van der Waals surface area contributed by atoms with Gasteiger partial charge in [-0.3, -0.25) is 4.98 Å². The molecular weight excluding hydrogens is 251 g/mol. The summed E-state index contributed by atoms with van der Waals surface area (Å²) >= 11 is 5.99. The van der Waals surface area contributed by atoms with E-state index in [1.807, 2.05) is 19.1 Å². The van der Waals surface area contributed by atoms with E-state index in [9.17, 15) is 4.39 Å². The van der Waals surface area contributed by atoms with Crippen LogP contribution in [0.25, 0.3) is 0 Å². The lowest BCUT2D eigenvalue weighted by Gasteiger charge is -2.08. The van der Waals surface area contributed by atoms with Crippen molar-refractivity contribution >= 4 is 11.6 Å². The molecule has 1 aromatic carbocycles. The zero-order valence-corrected chi connectivity index (χ0v) is 10.8. The average Bonchev–Trinajstić information content (AvgIpc) is 2.36. The lowest BCUT2D eigenvalue weighted by atomic mass is 10.2. The summed E-state index contributed by atoms with van der Waals surface area (Å²) < 4.78 is 13.1. The Morgan fingerprint density at radius 3 is 2.89 bits per heavy atom. The molecule has 0 unspecified atom stereocenters. The van der Waals surface area contributed by atoms with Crippen molar-refractivity contribution < 1.29 is 4.39 Å². The molecule has 0 radical (unpaired) electrons. The van der Waals surface area contributed by atoms with Crippen LogP contribution in [0, 0.1) is 12.7 Å². The molecule has 0 aliphatic carbocycles. The molecule has 0 aliphatic heterocycles. The minimum absolute atomic E-state index is 0.273. The van der Waals surface area contributed by atoms with E-state index >= 15 is 0 Å². The van der Waals surface area contributed by atoms with Gasteiger partial charge in [-0.25, -0.2) is 4.39 Å². The van der Waals surface area contributed by atoms with E-state index in [0.29, 0.717) is 18.1 Å². The van der Waals surface area contributed by atoms with Gasteiger partial charge in [-0.05, 0) is 42.3 Å². The monoisotopic (exact) mass is 264 g/mol. The van der Waals surface area contributed by atoms with E-state index in [1.54, 1.807) is 12.3 Å². The fourth-order valence-corrected chi connectivity index (χ4v) is 1.88. The summed E-state index contributed by atoms with van der Waals surface area (Å²) in [5.74, 6) is -0.273. The first kappa shape index (κ1) is 13.0. The van der Waals surface area contributed by atoms with Crippen molar-refractivity contribution in [2.45, 2.75) is 20.0 Å². The number of nitrogens with zero attached hydrogens (tertiary/aromatic N) is 1. The third kappa shape index (κ3) is 3.28. The van der Waals surface area contributed by atoms with Gasteiger partial charge in [0.25, 0.3) is 0 Å². The summed E-state index contributed by atoms with van der Waals surface area (Å²) in [5.41, 5.74) is 2.88. The van der Waals surface area contributed by atoms with Crippen LogP contribution < -0.4 is 5.32 Å². The topological polar surface area (TPSA) is 24.9 Å². The molecule has 0 aliphatic rings. The molecule has 2 nitrogen and oxygen atoms in total. The smallest absolute Gasteiger partial charge is 0.123 e. The molecule has 2 rings (SSSR count). The summed E-state index contributed by atoms with van der Waals surface area (Å²) in [4.78, 5) is 4.28. The van der Waals surface area contributed by atoms with Crippen molar-refractivity contribution in [3.05, 3.63) is 64.2 Å². The van der Waals surface area contributed by atoms with Crippen LogP contribution in [0.1, 0.15) is 16.8 Å². The maximum Gasteiger partial charge on any atom is 0.123 e. The van der Waals surface area contributed by atoms with Crippen molar-refractivity contribution in [2.75, 3.05) is 0 Å². The Hall–Kier alpha value is -1.45. The molecule has 4 heteroatoms. The highest BCUT2D eigenvalue weighted by Crippen LogP contribution is 2.16. The first-order valence-electron chi connectivity index (χ1n) is 5.72. The first-order chi connectivity index (χ1) is 8.66. The normalized spacial score (nSPS) is 10.6. The van der Waals surface area contributed by atoms with Gasteiger partial charge in [-0.15, -0.1) is 0 Å². The lowest BCUT2D eigenvalue weighted by molar-refractivity contribution is 0.619. The zero-order chi connectivity index (χ0) is 13.0. The molecule has 0 saturated carbocycles. The summed E-state index contributed by atoms with van der Waals surface area (Å²) in [6.45, 7) is 3.17. The Kier molecular flexibility index (Phi) is 4.28. The quantitative estimate of drug-likeness (QED) is 0.915. The van der Waals surface area contributed by atoms with Crippen LogP contribution in [-0.2, 0) is 13.1 Å². The number of hydrogen-bond donors (Lipinski definition) is 1. The van der Waals surface area contributed by atoms with Gasteiger partial charge >= 0.3 is 0 Å². The molecule has 0 fully saturated rings. The molecule has 94 valence electrons. The van der Waals surface area contributed by atoms with E-state index in [1.165, 1.54) is 12.1 Å². The minimum atomic E-state index is -0.273. The third-order valence-electron chi connectivity index (χ3n) is 2.73. The van der Waals surface area contributed by atoms with Gasteiger partial charge < -0.3 is 5.32 Å². The van der Waals surface area contributed by atoms with Crippen molar-refractivity contribution in [1.29, 1.82) is 0 Å². The van der Waals surface area contributed by atoms with Crippen LogP contribution in [0.2, 0.25) is 5.02 Å². The zero-order valence-electron chi connectivity index (χ0n) is 10.1. The molecule has 0 saturated heterocycles. The number of aryl methyl sites for hydroxylation is 1. The largest absolute Gasteiger partial charge is 0.307 e. The number of hydrogen-bond acceptors (Lipinski definition) is 2. The predicted molar refractivity (Wildman–Crippen MR) is 70.9 cm³/mol. The van der Waals surface area contributed by atoms with Crippen LogP contribution >= 0.6 is 11.6 Å². The Bertz CT molecular complexity index is 543. The highest BCUT2D eigenvalue weighted by atomic mass is 35.5. The number of benzene rings is 1. The van der Waals surface area contributed by atoms with Crippen LogP contribution in [0.4, 0.5) is 4.39 Å². The molecule has 1 N–H and O–H groups in total. The predicted octanol–water partition coefficient (Wildman–Crippen LogP) is 3.47. The number of aromatic nitrogens is 1. The summed E-state index contributed by atoms with van der Waals surface area (Å²) in [7, 11) is 0. The second-order valence-corrected chi connectivity index (χ2v) is 4.51. The average molecular weight is 265 g/mol. The summed E-state index contributed by atoms with van der Waals surface area (Å²) in [6.07, 6.45) is 1.76. The second kappa shape index (κ2) is 5.94. The minimum Gasteiger partial charge on any atom is -0.307 e. The van der Waals surface area contributed by atoms with Crippen LogP contribution in [0.3, 0.4) is 0 Å². The van der Waals surface area contributed by atoms with E-state index in [0.717, 1.165) is 16.8 Å². The van der Waals surface area contributed by atoms with Crippen molar-refractivity contribution in [3.8, 4) is 0 Å². The summed E-state index contributed by atoms with van der Waals surface area (Å²) in [5, 5.41) is 3.78. The molecule has 0 bridgehead atoms. The van der Waals surface area contributed by atoms with E-state index in [4.69, 9.17) is 11.6 Å². The molecule has 0 atom stereocenters. The SMILES string of the molecule is Cc1cccnc1CNCc1cc(F)ccc1Cl. The second-order valence-electron chi connectivity index (χ2n) is 4.11. The standard InChI is InChI=1S/C14H14ClFN2/c1-10-3-2-6-18-14(10)9-17-8-11-7-12(16)4-5-13(11)15/h2-7,17H,8-9H2,1H3. The first-order valence-corrected chi connectivity index (χ1v) is 6.10. The fraction of sp³-hybridized carbons (Fsp3) is 0.214. The maximum absolute atomic E-state index is 13.1. The van der Waals surface area contributed by atoms with Crippen molar-refractivity contribution in [3.63, 3.8) is 0 Å². The Morgan fingerprint density at radius 1 is 1.28 bits per heavy atom. The lowest BCUT2D eigenvalue weighted by Crippen LogP contribution is -2.15. The van der Waals surface area contributed by atoms with Crippen LogP contribution in [0.5, 0.6) is 0 Å². The van der Waals surface area contributed by atoms with Crippen LogP contribution in [-0.4, -0.2) is 4.98 Å². The Balaban J connectivity index is 1.96. The third-order valence-corrected chi connectivity index (χ3v) is 3.10. The van der Waals surface area contributed by atoms with Gasteiger partial charge in [0.15, 0.2) is 0 Å². The number of rotatable bonds is 4. The van der Waals surface area contributed by atoms with E-state index in [-0.39, 0.29) is 5.82 Å². The Morgan fingerprint density at radius 2 is 2.11 bits per heavy atom. The molecule has 2 aromatic rings. The van der Waals surface area contributed by atoms with Gasteiger partial charge in [0.1, 0.15) is 5.82 Å². The van der Waals surface area contributed by atoms with Gasteiger partial charge in [0.2, 0.25) is 0 Å². The highest BCUT2D eigenvalue weighted by Gasteiger charge is 2.03. The van der Waals surface area contributed by atoms with Gasteiger partial charge in [-0.2, -0.15) is 0 Å². The van der Waals surface area contributed by atoms with Gasteiger partial charge in [-0.1, -0.05) is 17.7 Å². The van der Waals surface area contributed by atoms with E-state index in [2.05, 4.69) is 10.3 Å². The van der Waals surface area contributed by atoms with Crippen molar-refractivity contribution in [1.82, 2.24) is 10.3 Å². The Labute approximate surface area is 111 Å². The van der Waals surface area contributed by atoms with Crippen molar-refractivity contribution in [2.24, 2.45) is 0 Å². The number of nitrogens with one attached hydrogen (secondary N) is 1. The van der Waals surface area contributed by atoms with E-state index < -0.39 is 0 Å². The molecule has 18 heavy (non-hydrogen) atoms. The molecule has 0 spiro atoms. The summed E-state index contributed by atoms with van der Waals surface area (Å²) in [6, 6.07) is 8.29. The number of halogens is 2. The fourth-order valence-electron chi connectivity index (χ4n) is 1.70. The van der Waals surface area contributed by atoms with Gasteiger partial charge in [0.05, 0.1) is 5.69 Å². The highest BCUT2D eigenvalue weighted by molar-refractivity contribution is 6.31. The van der Waals surface area contributed by atoms with Crippen LogP contribution in [0.15, 0.2) is 36.5 Å². The van der Waals surface area contributed by atoms with Gasteiger partial charge in [0, 0.05) is 24.3 Å². The molecule has 1 aromatic heterocycles.